The van der Waals surface area contributed by atoms with Gasteiger partial charge in [0, 0.05) is 17.1 Å². The zero-order chi connectivity index (χ0) is 16.4. The highest BCUT2D eigenvalue weighted by Crippen LogP contribution is 2.29. The minimum atomic E-state index is -0.669. The van der Waals surface area contributed by atoms with Crippen LogP contribution in [0.2, 0.25) is 0 Å². The molecular formula is C17H15NO5. The number of carbonyl (C=O) groups is 2. The first-order chi connectivity index (χ1) is 11.1. The third-order valence-electron chi connectivity index (χ3n) is 3.56. The normalized spacial score (nSPS) is 10.7. The summed E-state index contributed by atoms with van der Waals surface area (Å²) in [6, 6.07) is 8.58. The summed E-state index contributed by atoms with van der Waals surface area (Å²) in [6.45, 7) is 1.41. The minimum absolute atomic E-state index is 0.0903. The quantitative estimate of drug-likeness (QED) is 0.578. The smallest absolute Gasteiger partial charge is 0.375 e. The maximum atomic E-state index is 12.2. The molecule has 1 aromatic carbocycles. The first kappa shape index (κ1) is 14.9. The molecule has 23 heavy (non-hydrogen) atoms. The second-order valence-electron chi connectivity index (χ2n) is 5.00. The van der Waals surface area contributed by atoms with Crippen molar-refractivity contribution in [3.63, 3.8) is 0 Å². The molecule has 0 saturated carbocycles. The molecule has 1 N–H and O–H groups in total. The molecule has 0 aliphatic heterocycles. The van der Waals surface area contributed by atoms with Crippen molar-refractivity contribution in [2.24, 2.45) is 0 Å². The number of nitrogens with one attached hydrogen (secondary N) is 1. The molecule has 0 atom stereocenters. The van der Waals surface area contributed by atoms with Crippen LogP contribution in [0.15, 0.2) is 40.9 Å². The number of ketones is 1. The van der Waals surface area contributed by atoms with Crippen LogP contribution in [-0.2, 0) is 4.74 Å². The molecule has 2 aromatic heterocycles. The highest BCUT2D eigenvalue weighted by molar-refractivity contribution is 5.99. The van der Waals surface area contributed by atoms with Crippen molar-refractivity contribution < 1.29 is 23.5 Å². The zero-order valence-corrected chi connectivity index (χ0v) is 12.7. The van der Waals surface area contributed by atoms with E-state index in [1.54, 1.807) is 50.6 Å². The van der Waals surface area contributed by atoms with Crippen LogP contribution in [0, 0.1) is 6.92 Å². The zero-order valence-electron chi connectivity index (χ0n) is 12.7. The second kappa shape index (κ2) is 6.00. The fourth-order valence-electron chi connectivity index (χ4n) is 2.30. The monoisotopic (exact) mass is 313 g/mol. The molecule has 6 nitrogen and oxygen atoms in total. The molecule has 0 aliphatic rings. The van der Waals surface area contributed by atoms with Crippen molar-refractivity contribution in [2.75, 3.05) is 13.7 Å². The van der Waals surface area contributed by atoms with Crippen molar-refractivity contribution in [3.05, 3.63) is 53.5 Å². The third-order valence-corrected chi connectivity index (χ3v) is 3.56. The van der Waals surface area contributed by atoms with Gasteiger partial charge in [-0.2, -0.15) is 0 Å². The van der Waals surface area contributed by atoms with Gasteiger partial charge in [-0.25, -0.2) is 4.79 Å². The largest absolute Gasteiger partial charge is 0.497 e. The lowest BCUT2D eigenvalue weighted by Gasteiger charge is -2.01. The van der Waals surface area contributed by atoms with E-state index in [2.05, 4.69) is 4.98 Å². The average Bonchev–Trinajstić information content (AvgIpc) is 3.20. The summed E-state index contributed by atoms with van der Waals surface area (Å²) in [5.41, 5.74) is 1.60. The van der Waals surface area contributed by atoms with Gasteiger partial charge in [0.1, 0.15) is 11.3 Å². The fraction of sp³-hybridized carbons (Fsp3) is 0.176. The summed E-state index contributed by atoms with van der Waals surface area (Å²) in [5.74, 6) is -0.216. The van der Waals surface area contributed by atoms with Gasteiger partial charge in [-0.1, -0.05) is 0 Å². The van der Waals surface area contributed by atoms with Gasteiger partial charge in [0.2, 0.25) is 11.5 Å². The topological polar surface area (TPSA) is 81.5 Å². The fourth-order valence-corrected chi connectivity index (χ4v) is 2.30. The van der Waals surface area contributed by atoms with E-state index in [1.807, 2.05) is 0 Å². The summed E-state index contributed by atoms with van der Waals surface area (Å²) in [5, 5.41) is 0.770. The van der Waals surface area contributed by atoms with Crippen LogP contribution in [-0.4, -0.2) is 30.5 Å². The SMILES string of the molecule is COc1ccc2oc(C(=O)OCC(=O)c3ccc[nH]3)c(C)c2c1. The Hall–Kier alpha value is -3.02. The van der Waals surface area contributed by atoms with E-state index in [0.717, 1.165) is 5.39 Å². The predicted octanol–water partition coefficient (Wildman–Crippen LogP) is 3.12. The van der Waals surface area contributed by atoms with E-state index in [4.69, 9.17) is 13.9 Å². The summed E-state index contributed by atoms with van der Waals surface area (Å²) < 4.78 is 15.7. The number of rotatable bonds is 5. The molecule has 0 saturated heterocycles. The molecule has 3 rings (SSSR count). The Balaban J connectivity index is 1.78. The van der Waals surface area contributed by atoms with Gasteiger partial charge in [0.25, 0.3) is 0 Å². The molecule has 2 heterocycles. The molecule has 0 amide bonds. The lowest BCUT2D eigenvalue weighted by Crippen LogP contribution is -2.14. The van der Waals surface area contributed by atoms with E-state index in [0.29, 0.717) is 22.6 Å². The molecule has 6 heteroatoms. The number of aryl methyl sites for hydroxylation is 1. The van der Waals surface area contributed by atoms with Crippen molar-refractivity contribution in [1.82, 2.24) is 4.98 Å². The lowest BCUT2D eigenvalue weighted by atomic mass is 10.1. The van der Waals surface area contributed by atoms with Crippen LogP contribution in [0.4, 0.5) is 0 Å². The van der Waals surface area contributed by atoms with E-state index >= 15 is 0 Å². The number of hydrogen-bond acceptors (Lipinski definition) is 5. The Morgan fingerprint density at radius 2 is 2.09 bits per heavy atom. The van der Waals surface area contributed by atoms with Crippen LogP contribution in [0.25, 0.3) is 11.0 Å². The number of esters is 1. The van der Waals surface area contributed by atoms with Crippen LogP contribution in [0.1, 0.15) is 26.6 Å². The number of ether oxygens (including phenoxy) is 2. The maximum Gasteiger partial charge on any atom is 0.375 e. The summed E-state index contributed by atoms with van der Waals surface area (Å²) in [6.07, 6.45) is 1.63. The van der Waals surface area contributed by atoms with Gasteiger partial charge >= 0.3 is 5.97 Å². The predicted molar refractivity (Wildman–Crippen MR) is 82.9 cm³/mol. The Labute approximate surface area is 132 Å². The number of aromatic amines is 1. The number of benzene rings is 1. The average molecular weight is 313 g/mol. The number of hydrogen-bond donors (Lipinski definition) is 1. The Kier molecular flexibility index (Phi) is 3.89. The van der Waals surface area contributed by atoms with Crippen LogP contribution >= 0.6 is 0 Å². The van der Waals surface area contributed by atoms with Gasteiger partial charge in [-0.05, 0) is 37.3 Å². The summed E-state index contributed by atoms with van der Waals surface area (Å²) >= 11 is 0. The lowest BCUT2D eigenvalue weighted by molar-refractivity contribution is 0.0444. The van der Waals surface area contributed by atoms with E-state index in [9.17, 15) is 9.59 Å². The molecule has 118 valence electrons. The number of methoxy groups -OCH3 is 1. The molecule has 0 bridgehead atoms. The molecular weight excluding hydrogens is 298 g/mol. The Bertz CT molecular complexity index is 861. The van der Waals surface area contributed by atoms with Gasteiger partial charge in [0.05, 0.1) is 12.8 Å². The number of carbonyl (C=O) groups excluding carboxylic acids is 2. The van der Waals surface area contributed by atoms with Crippen molar-refractivity contribution in [1.29, 1.82) is 0 Å². The van der Waals surface area contributed by atoms with Gasteiger partial charge < -0.3 is 18.9 Å². The number of furan rings is 1. The number of Topliss-reactive ketones (excluding diaryl/α,β-unsaturated/α-hetero) is 1. The van der Waals surface area contributed by atoms with Crippen molar-refractivity contribution in [3.8, 4) is 5.75 Å². The third kappa shape index (κ3) is 2.83. The van der Waals surface area contributed by atoms with Crippen LogP contribution in [0.5, 0.6) is 5.75 Å². The van der Waals surface area contributed by atoms with Crippen LogP contribution in [0.3, 0.4) is 0 Å². The Morgan fingerprint density at radius 3 is 2.78 bits per heavy atom. The van der Waals surface area contributed by atoms with Crippen molar-refractivity contribution >= 4 is 22.7 Å². The molecule has 0 fully saturated rings. The number of H-pyrrole nitrogens is 1. The Morgan fingerprint density at radius 1 is 1.26 bits per heavy atom. The highest BCUT2D eigenvalue weighted by Gasteiger charge is 2.20. The molecule has 0 spiro atoms. The van der Waals surface area contributed by atoms with Gasteiger partial charge in [0.15, 0.2) is 6.61 Å². The molecule has 0 aliphatic carbocycles. The minimum Gasteiger partial charge on any atom is -0.497 e. The summed E-state index contributed by atoms with van der Waals surface area (Å²) in [4.78, 5) is 26.7. The van der Waals surface area contributed by atoms with Crippen LogP contribution < -0.4 is 4.74 Å². The van der Waals surface area contributed by atoms with Gasteiger partial charge in [-0.3, -0.25) is 4.79 Å². The molecule has 0 unspecified atom stereocenters. The number of aromatic nitrogens is 1. The van der Waals surface area contributed by atoms with E-state index < -0.39 is 5.97 Å². The highest BCUT2D eigenvalue weighted by atomic mass is 16.5. The standard InChI is InChI=1S/C17H15NO5/c1-10-12-8-11(21-2)5-6-15(12)23-16(10)17(20)22-9-14(19)13-4-3-7-18-13/h3-8,18H,9H2,1-2H3. The number of fused-ring (bicyclic) bond motifs is 1. The molecule has 0 radical (unpaired) electrons. The first-order valence-corrected chi connectivity index (χ1v) is 7.01. The van der Waals surface area contributed by atoms with Gasteiger partial charge in [-0.15, -0.1) is 0 Å². The second-order valence-corrected chi connectivity index (χ2v) is 5.00. The summed E-state index contributed by atoms with van der Waals surface area (Å²) in [7, 11) is 1.57. The molecule has 3 aromatic rings. The van der Waals surface area contributed by atoms with E-state index in [1.165, 1.54) is 0 Å². The maximum absolute atomic E-state index is 12.2. The van der Waals surface area contributed by atoms with Crippen molar-refractivity contribution in [2.45, 2.75) is 6.92 Å². The first-order valence-electron chi connectivity index (χ1n) is 7.01. The van der Waals surface area contributed by atoms with E-state index in [-0.39, 0.29) is 18.2 Å².